The third kappa shape index (κ3) is 2.78. The van der Waals surface area contributed by atoms with Gasteiger partial charge < -0.3 is 15.4 Å². The van der Waals surface area contributed by atoms with Crippen LogP contribution in [-0.2, 0) is 6.54 Å². The number of anilines is 2. The molecule has 2 aromatic rings. The average Bonchev–Trinajstić information content (AvgIpc) is 2.42. The van der Waals surface area contributed by atoms with Crippen molar-refractivity contribution in [1.29, 1.82) is 0 Å². The van der Waals surface area contributed by atoms with Crippen molar-refractivity contribution >= 4 is 11.4 Å². The number of nitrogen functional groups attached to an aromatic ring is 1. The molecule has 0 atom stereocenters. The maximum atomic E-state index is 13.4. The molecule has 0 aliphatic heterocycles. The van der Waals surface area contributed by atoms with Crippen molar-refractivity contribution < 1.29 is 9.13 Å². The summed E-state index contributed by atoms with van der Waals surface area (Å²) in [6.45, 7) is 0.595. The molecule has 4 heteroatoms. The summed E-state index contributed by atoms with van der Waals surface area (Å²) >= 11 is 0. The Balaban J connectivity index is 2.26. The Morgan fingerprint density at radius 2 is 1.89 bits per heavy atom. The zero-order valence-corrected chi connectivity index (χ0v) is 11.1. The van der Waals surface area contributed by atoms with Crippen molar-refractivity contribution in [1.82, 2.24) is 0 Å². The van der Waals surface area contributed by atoms with Crippen molar-refractivity contribution in [3.63, 3.8) is 0 Å². The lowest BCUT2D eigenvalue weighted by atomic mass is 10.1. The molecule has 0 unspecified atom stereocenters. The van der Waals surface area contributed by atoms with Gasteiger partial charge in [-0.15, -0.1) is 0 Å². The van der Waals surface area contributed by atoms with Gasteiger partial charge in [-0.05, 0) is 18.2 Å². The van der Waals surface area contributed by atoms with E-state index in [2.05, 4.69) is 0 Å². The number of nitrogens with two attached hydrogens (primary N) is 1. The third-order valence-corrected chi connectivity index (χ3v) is 3.04. The molecule has 0 aromatic heterocycles. The Morgan fingerprint density at radius 1 is 1.16 bits per heavy atom. The molecule has 19 heavy (non-hydrogen) atoms. The highest BCUT2D eigenvalue weighted by atomic mass is 19.1. The highest BCUT2D eigenvalue weighted by molar-refractivity contribution is 5.67. The first-order valence-corrected chi connectivity index (χ1v) is 6.00. The molecule has 0 amide bonds. The van der Waals surface area contributed by atoms with Crippen LogP contribution < -0.4 is 15.4 Å². The van der Waals surface area contributed by atoms with E-state index in [1.807, 2.05) is 36.2 Å². The molecule has 0 fully saturated rings. The molecule has 0 saturated carbocycles. The van der Waals surface area contributed by atoms with E-state index < -0.39 is 5.82 Å². The van der Waals surface area contributed by atoms with Crippen LogP contribution in [0.5, 0.6) is 5.75 Å². The predicted molar refractivity (Wildman–Crippen MR) is 75.9 cm³/mol. The summed E-state index contributed by atoms with van der Waals surface area (Å²) in [5.74, 6) is 0.411. The molecule has 0 bridgehead atoms. The van der Waals surface area contributed by atoms with Gasteiger partial charge in [-0.25, -0.2) is 4.39 Å². The minimum absolute atomic E-state index is 0.167. The number of halogens is 1. The second-order valence-corrected chi connectivity index (χ2v) is 4.34. The van der Waals surface area contributed by atoms with Crippen LogP contribution in [0.1, 0.15) is 5.56 Å². The van der Waals surface area contributed by atoms with Gasteiger partial charge in [0.1, 0.15) is 11.6 Å². The SMILES string of the molecule is COc1ccccc1CN(C)c1cccc(F)c1N. The number of rotatable bonds is 4. The smallest absolute Gasteiger partial charge is 0.148 e. The summed E-state index contributed by atoms with van der Waals surface area (Å²) in [5.41, 5.74) is 7.62. The second-order valence-electron chi connectivity index (χ2n) is 4.34. The molecule has 0 heterocycles. The third-order valence-electron chi connectivity index (χ3n) is 3.04. The maximum absolute atomic E-state index is 13.4. The largest absolute Gasteiger partial charge is 0.496 e. The highest BCUT2D eigenvalue weighted by Crippen LogP contribution is 2.27. The van der Waals surface area contributed by atoms with Gasteiger partial charge in [-0.1, -0.05) is 24.3 Å². The van der Waals surface area contributed by atoms with E-state index in [-0.39, 0.29) is 5.69 Å². The first kappa shape index (κ1) is 13.2. The Hall–Kier alpha value is -2.23. The van der Waals surface area contributed by atoms with Gasteiger partial charge >= 0.3 is 0 Å². The van der Waals surface area contributed by atoms with Crippen molar-refractivity contribution in [3.05, 3.63) is 53.8 Å². The Kier molecular flexibility index (Phi) is 3.90. The van der Waals surface area contributed by atoms with Crippen molar-refractivity contribution in [2.75, 3.05) is 24.8 Å². The van der Waals surface area contributed by atoms with Crippen molar-refractivity contribution in [2.45, 2.75) is 6.54 Å². The Morgan fingerprint density at radius 3 is 2.63 bits per heavy atom. The van der Waals surface area contributed by atoms with E-state index >= 15 is 0 Å². The van der Waals surface area contributed by atoms with Crippen LogP contribution in [0.15, 0.2) is 42.5 Å². The monoisotopic (exact) mass is 260 g/mol. The summed E-state index contributed by atoms with van der Waals surface area (Å²) < 4.78 is 18.8. The van der Waals surface area contributed by atoms with E-state index in [9.17, 15) is 4.39 Å². The molecule has 0 spiro atoms. The zero-order chi connectivity index (χ0) is 13.8. The predicted octanol–water partition coefficient (Wildman–Crippen LogP) is 3.05. The fourth-order valence-corrected chi connectivity index (χ4v) is 2.03. The first-order chi connectivity index (χ1) is 9.13. The molecule has 2 rings (SSSR count). The number of nitrogens with zero attached hydrogens (tertiary/aromatic N) is 1. The minimum atomic E-state index is -0.399. The van der Waals surface area contributed by atoms with Crippen LogP contribution in [0.2, 0.25) is 0 Å². The average molecular weight is 260 g/mol. The molecule has 0 aliphatic carbocycles. The van der Waals surface area contributed by atoms with Crippen LogP contribution in [-0.4, -0.2) is 14.2 Å². The highest BCUT2D eigenvalue weighted by Gasteiger charge is 2.11. The van der Waals surface area contributed by atoms with E-state index in [1.165, 1.54) is 6.07 Å². The van der Waals surface area contributed by atoms with Crippen molar-refractivity contribution in [2.24, 2.45) is 0 Å². The topological polar surface area (TPSA) is 38.5 Å². The Bertz CT molecular complexity index is 572. The van der Waals surface area contributed by atoms with Gasteiger partial charge in [-0.3, -0.25) is 0 Å². The van der Waals surface area contributed by atoms with Crippen LogP contribution >= 0.6 is 0 Å². The summed E-state index contributed by atoms with van der Waals surface area (Å²) in [7, 11) is 3.51. The van der Waals surface area contributed by atoms with E-state index in [0.717, 1.165) is 11.3 Å². The molecule has 2 N–H and O–H groups in total. The maximum Gasteiger partial charge on any atom is 0.148 e. The van der Waals surface area contributed by atoms with Gasteiger partial charge in [-0.2, -0.15) is 0 Å². The summed E-state index contributed by atoms with van der Waals surface area (Å²) in [6, 6.07) is 12.5. The van der Waals surface area contributed by atoms with Gasteiger partial charge in [0.25, 0.3) is 0 Å². The molecule has 0 radical (unpaired) electrons. The molecular formula is C15H17FN2O. The van der Waals surface area contributed by atoms with Crippen LogP contribution in [0.3, 0.4) is 0 Å². The Labute approximate surface area is 112 Å². The first-order valence-electron chi connectivity index (χ1n) is 6.00. The van der Waals surface area contributed by atoms with Crippen LogP contribution in [0, 0.1) is 5.82 Å². The lowest BCUT2D eigenvalue weighted by Gasteiger charge is -2.22. The number of ether oxygens (including phenoxy) is 1. The van der Waals surface area contributed by atoms with Crippen molar-refractivity contribution in [3.8, 4) is 5.75 Å². The number of methoxy groups -OCH3 is 1. The quantitative estimate of drug-likeness (QED) is 0.859. The summed E-state index contributed by atoms with van der Waals surface area (Å²) in [6.07, 6.45) is 0. The summed E-state index contributed by atoms with van der Waals surface area (Å²) in [4.78, 5) is 1.90. The molecule has 0 saturated heterocycles. The van der Waals surface area contributed by atoms with E-state index in [0.29, 0.717) is 12.2 Å². The fourth-order valence-electron chi connectivity index (χ4n) is 2.03. The van der Waals surface area contributed by atoms with Gasteiger partial charge in [0.05, 0.1) is 18.5 Å². The number of para-hydroxylation sites is 2. The zero-order valence-electron chi connectivity index (χ0n) is 11.1. The number of benzene rings is 2. The van der Waals surface area contributed by atoms with Gasteiger partial charge in [0.2, 0.25) is 0 Å². The molecule has 2 aromatic carbocycles. The van der Waals surface area contributed by atoms with Crippen LogP contribution in [0.25, 0.3) is 0 Å². The molecule has 3 nitrogen and oxygen atoms in total. The minimum Gasteiger partial charge on any atom is -0.496 e. The lowest BCUT2D eigenvalue weighted by Crippen LogP contribution is -2.18. The van der Waals surface area contributed by atoms with Gasteiger partial charge in [0, 0.05) is 19.2 Å². The van der Waals surface area contributed by atoms with Crippen LogP contribution in [0.4, 0.5) is 15.8 Å². The lowest BCUT2D eigenvalue weighted by molar-refractivity contribution is 0.409. The molecular weight excluding hydrogens is 243 g/mol. The standard InChI is InChI=1S/C15H17FN2O/c1-18(13-8-5-7-12(16)15(13)17)10-11-6-3-4-9-14(11)19-2/h3-9H,10,17H2,1-2H3. The normalized spacial score (nSPS) is 10.3. The molecule has 0 aliphatic rings. The summed E-state index contributed by atoms with van der Waals surface area (Å²) in [5, 5.41) is 0. The number of hydrogen-bond acceptors (Lipinski definition) is 3. The van der Waals surface area contributed by atoms with Gasteiger partial charge in [0.15, 0.2) is 0 Å². The molecule has 100 valence electrons. The number of hydrogen-bond donors (Lipinski definition) is 1. The van der Waals surface area contributed by atoms with E-state index in [1.54, 1.807) is 19.2 Å². The van der Waals surface area contributed by atoms with E-state index in [4.69, 9.17) is 10.5 Å². The fraction of sp³-hybridized carbons (Fsp3) is 0.200. The second kappa shape index (κ2) is 5.61.